The molecule has 2 atom stereocenters. The zero-order chi connectivity index (χ0) is 15.3. The Balaban J connectivity index is 3.66. The molecule has 0 radical (unpaired) electrons. The SMILES string of the molecule is CCCNC(C)(CO)CC(C)OCCCOCCOC. The van der Waals surface area contributed by atoms with Crippen LogP contribution >= 0.6 is 0 Å². The van der Waals surface area contributed by atoms with Gasteiger partial charge in [0.1, 0.15) is 0 Å². The van der Waals surface area contributed by atoms with Crippen LogP contribution in [0.3, 0.4) is 0 Å². The Kier molecular flexibility index (Phi) is 12.4. The number of aliphatic hydroxyl groups excluding tert-OH is 1. The van der Waals surface area contributed by atoms with Crippen LogP contribution < -0.4 is 5.32 Å². The molecule has 122 valence electrons. The molecule has 0 aromatic rings. The van der Waals surface area contributed by atoms with Crippen LogP contribution in [0.25, 0.3) is 0 Å². The van der Waals surface area contributed by atoms with Gasteiger partial charge in [-0.3, -0.25) is 0 Å². The van der Waals surface area contributed by atoms with Gasteiger partial charge in [0.2, 0.25) is 0 Å². The third-order valence-electron chi connectivity index (χ3n) is 3.16. The van der Waals surface area contributed by atoms with Crippen molar-refractivity contribution in [2.24, 2.45) is 0 Å². The average molecular weight is 291 g/mol. The molecular weight excluding hydrogens is 258 g/mol. The first kappa shape index (κ1) is 19.8. The van der Waals surface area contributed by atoms with Crippen LogP contribution in [0.5, 0.6) is 0 Å². The van der Waals surface area contributed by atoms with E-state index in [2.05, 4.69) is 12.2 Å². The molecule has 0 aliphatic heterocycles. The molecule has 0 bridgehead atoms. The van der Waals surface area contributed by atoms with Gasteiger partial charge in [-0.25, -0.2) is 0 Å². The van der Waals surface area contributed by atoms with E-state index in [1.165, 1.54) is 0 Å². The van der Waals surface area contributed by atoms with Crippen molar-refractivity contribution in [2.45, 2.75) is 51.7 Å². The molecule has 2 unspecified atom stereocenters. The van der Waals surface area contributed by atoms with E-state index in [4.69, 9.17) is 14.2 Å². The van der Waals surface area contributed by atoms with Crippen molar-refractivity contribution in [3.8, 4) is 0 Å². The van der Waals surface area contributed by atoms with Crippen molar-refractivity contribution in [1.29, 1.82) is 0 Å². The normalized spacial score (nSPS) is 16.1. The minimum absolute atomic E-state index is 0.121. The molecule has 5 heteroatoms. The smallest absolute Gasteiger partial charge is 0.0700 e. The van der Waals surface area contributed by atoms with Gasteiger partial charge in [-0.15, -0.1) is 0 Å². The van der Waals surface area contributed by atoms with Crippen LogP contribution in [0, 0.1) is 0 Å². The van der Waals surface area contributed by atoms with Crippen LogP contribution in [0.15, 0.2) is 0 Å². The molecule has 0 heterocycles. The lowest BCUT2D eigenvalue weighted by Gasteiger charge is -2.31. The third kappa shape index (κ3) is 10.6. The number of aliphatic hydroxyl groups is 1. The predicted octanol–water partition coefficient (Wildman–Crippen LogP) is 1.59. The summed E-state index contributed by atoms with van der Waals surface area (Å²) in [5.74, 6) is 0. The summed E-state index contributed by atoms with van der Waals surface area (Å²) in [5, 5.41) is 12.9. The first-order valence-corrected chi connectivity index (χ1v) is 7.62. The van der Waals surface area contributed by atoms with E-state index in [-0.39, 0.29) is 18.2 Å². The summed E-state index contributed by atoms with van der Waals surface area (Å²) in [6.07, 6.45) is 2.86. The van der Waals surface area contributed by atoms with Gasteiger partial charge in [-0.1, -0.05) is 6.92 Å². The summed E-state index contributed by atoms with van der Waals surface area (Å²) in [6.45, 7) is 9.89. The highest BCUT2D eigenvalue weighted by Crippen LogP contribution is 2.14. The first-order chi connectivity index (χ1) is 9.58. The lowest BCUT2D eigenvalue weighted by molar-refractivity contribution is 0.0102. The van der Waals surface area contributed by atoms with Crippen molar-refractivity contribution < 1.29 is 19.3 Å². The highest BCUT2D eigenvalue weighted by atomic mass is 16.5. The van der Waals surface area contributed by atoms with Crippen molar-refractivity contribution >= 4 is 0 Å². The summed E-state index contributed by atoms with van der Waals surface area (Å²) < 4.78 is 16.0. The molecule has 2 N–H and O–H groups in total. The van der Waals surface area contributed by atoms with Crippen LogP contribution in [0.2, 0.25) is 0 Å². The quantitative estimate of drug-likeness (QED) is 0.476. The molecule has 0 aliphatic carbocycles. The maximum atomic E-state index is 9.50. The van der Waals surface area contributed by atoms with Crippen molar-refractivity contribution in [3.05, 3.63) is 0 Å². The zero-order valence-corrected chi connectivity index (χ0v) is 13.6. The minimum atomic E-state index is -0.260. The molecule has 0 aliphatic rings. The molecule has 0 amide bonds. The van der Waals surface area contributed by atoms with Gasteiger partial charge in [0, 0.05) is 25.9 Å². The first-order valence-electron chi connectivity index (χ1n) is 7.62. The fraction of sp³-hybridized carbons (Fsp3) is 1.00. The van der Waals surface area contributed by atoms with E-state index in [1.54, 1.807) is 7.11 Å². The molecule has 0 saturated carbocycles. The standard InChI is InChI=1S/C15H33NO4/c1-5-7-16-15(3,13-17)12-14(2)20-9-6-8-19-11-10-18-4/h14,16-17H,5-13H2,1-4H3. The molecule has 0 rings (SSSR count). The molecule has 0 spiro atoms. The Morgan fingerprint density at radius 3 is 2.55 bits per heavy atom. The van der Waals surface area contributed by atoms with E-state index in [9.17, 15) is 5.11 Å². The fourth-order valence-electron chi connectivity index (χ4n) is 2.00. The van der Waals surface area contributed by atoms with E-state index in [1.807, 2.05) is 13.8 Å². The molecule has 0 fully saturated rings. The van der Waals surface area contributed by atoms with Gasteiger partial charge < -0.3 is 24.6 Å². The zero-order valence-electron chi connectivity index (χ0n) is 13.6. The van der Waals surface area contributed by atoms with Crippen LogP contribution in [0.1, 0.15) is 40.0 Å². The van der Waals surface area contributed by atoms with Gasteiger partial charge in [-0.05, 0) is 39.7 Å². The Labute approximate surface area is 124 Å². The topological polar surface area (TPSA) is 60.0 Å². The minimum Gasteiger partial charge on any atom is -0.394 e. The number of nitrogens with one attached hydrogen (secondary N) is 1. The van der Waals surface area contributed by atoms with Crippen molar-refractivity contribution in [3.63, 3.8) is 0 Å². The summed E-state index contributed by atoms with van der Waals surface area (Å²) in [6, 6.07) is 0. The van der Waals surface area contributed by atoms with Crippen LogP contribution in [-0.4, -0.2) is 63.4 Å². The maximum Gasteiger partial charge on any atom is 0.0700 e. The number of methoxy groups -OCH3 is 1. The lowest BCUT2D eigenvalue weighted by Crippen LogP contribution is -2.48. The summed E-state index contributed by atoms with van der Waals surface area (Å²) in [5.41, 5.74) is -0.260. The second-order valence-corrected chi connectivity index (χ2v) is 5.49. The molecule has 20 heavy (non-hydrogen) atoms. The molecule has 0 saturated heterocycles. The average Bonchev–Trinajstić information content (AvgIpc) is 2.44. The second-order valence-electron chi connectivity index (χ2n) is 5.49. The monoisotopic (exact) mass is 291 g/mol. The fourth-order valence-corrected chi connectivity index (χ4v) is 2.00. The number of hydrogen-bond acceptors (Lipinski definition) is 5. The van der Waals surface area contributed by atoms with E-state index < -0.39 is 0 Å². The Bertz CT molecular complexity index is 216. The maximum absolute atomic E-state index is 9.50. The van der Waals surface area contributed by atoms with Gasteiger partial charge in [0.15, 0.2) is 0 Å². The van der Waals surface area contributed by atoms with Crippen molar-refractivity contribution in [2.75, 3.05) is 46.7 Å². The lowest BCUT2D eigenvalue weighted by atomic mass is 9.95. The highest BCUT2D eigenvalue weighted by molar-refractivity contribution is 4.84. The van der Waals surface area contributed by atoms with Gasteiger partial charge in [0.05, 0.1) is 25.9 Å². The van der Waals surface area contributed by atoms with Gasteiger partial charge in [-0.2, -0.15) is 0 Å². The van der Waals surface area contributed by atoms with Crippen LogP contribution in [-0.2, 0) is 14.2 Å². The van der Waals surface area contributed by atoms with Gasteiger partial charge in [0.25, 0.3) is 0 Å². The Hall–Kier alpha value is -0.200. The van der Waals surface area contributed by atoms with Gasteiger partial charge >= 0.3 is 0 Å². The number of ether oxygens (including phenoxy) is 3. The summed E-state index contributed by atoms with van der Waals surface area (Å²) in [4.78, 5) is 0. The summed E-state index contributed by atoms with van der Waals surface area (Å²) in [7, 11) is 1.67. The van der Waals surface area contributed by atoms with E-state index in [0.29, 0.717) is 26.4 Å². The summed E-state index contributed by atoms with van der Waals surface area (Å²) >= 11 is 0. The van der Waals surface area contributed by atoms with Crippen molar-refractivity contribution in [1.82, 2.24) is 5.32 Å². The molecule has 0 aromatic heterocycles. The van der Waals surface area contributed by atoms with E-state index in [0.717, 1.165) is 25.8 Å². The number of hydrogen-bond donors (Lipinski definition) is 2. The van der Waals surface area contributed by atoms with E-state index >= 15 is 0 Å². The number of rotatable bonds is 14. The highest BCUT2D eigenvalue weighted by Gasteiger charge is 2.25. The molecule has 0 aromatic carbocycles. The Morgan fingerprint density at radius 2 is 1.95 bits per heavy atom. The predicted molar refractivity (Wildman–Crippen MR) is 81.1 cm³/mol. The molecule has 5 nitrogen and oxygen atoms in total. The largest absolute Gasteiger partial charge is 0.394 e. The Morgan fingerprint density at radius 1 is 1.20 bits per heavy atom. The third-order valence-corrected chi connectivity index (χ3v) is 3.16. The van der Waals surface area contributed by atoms with Crippen LogP contribution in [0.4, 0.5) is 0 Å². The second kappa shape index (κ2) is 12.5. The molecular formula is C15H33NO4.